The van der Waals surface area contributed by atoms with Crippen LogP contribution in [0, 0.1) is 0 Å². The van der Waals surface area contributed by atoms with Crippen LogP contribution in [-0.2, 0) is 0 Å². The van der Waals surface area contributed by atoms with Crippen molar-refractivity contribution in [2.45, 2.75) is 19.2 Å². The molecule has 0 aliphatic carbocycles. The van der Waals surface area contributed by atoms with E-state index in [1.165, 1.54) is 0 Å². The fourth-order valence-electron chi connectivity index (χ4n) is 1.26. The van der Waals surface area contributed by atoms with E-state index in [-0.39, 0.29) is 70.0 Å². The average Bonchev–Trinajstić information content (AvgIpc) is 2.17. The van der Waals surface area contributed by atoms with Crippen LogP contribution in [-0.4, -0.2) is 12.8 Å². The molecule has 82 valence electrons. The molecule has 0 saturated heterocycles. The number of Topliss-reactive ketones (excluding diaryl/α,β-unsaturated/α-hetero) is 1. The van der Waals surface area contributed by atoms with Crippen LogP contribution in [0.15, 0.2) is 30.3 Å². The van der Waals surface area contributed by atoms with Crippen LogP contribution >= 0.6 is 0 Å². The van der Waals surface area contributed by atoms with Crippen molar-refractivity contribution in [2.24, 2.45) is 0 Å². The number of carbonyl (C=O) groups is 1. The van der Waals surface area contributed by atoms with Crippen molar-refractivity contribution in [1.29, 1.82) is 0 Å². The Labute approximate surface area is 135 Å². The molecule has 0 aliphatic rings. The normalized spacial score (nSPS) is 10.7. The Hall–Kier alpha value is 0.381. The zero-order chi connectivity index (χ0) is 11.3. The fraction of sp³-hybridized carbons (Fsp3) is 0.300. The molecule has 0 radical (unpaired) electrons. The van der Waals surface area contributed by atoms with Crippen LogP contribution in [0.25, 0.3) is 0 Å². The van der Waals surface area contributed by atoms with Gasteiger partial charge in [-0.05, 0) is 0 Å². The molecule has 0 bridgehead atoms. The third-order valence-corrected chi connectivity index (χ3v) is 2.03. The predicted molar refractivity (Wildman–Crippen MR) is 53.9 cm³/mol. The van der Waals surface area contributed by atoms with Crippen LogP contribution in [0.4, 0.5) is 12.9 Å². The van der Waals surface area contributed by atoms with E-state index in [4.69, 9.17) is 0 Å². The van der Waals surface area contributed by atoms with E-state index in [2.05, 4.69) is 0 Å². The molecule has 1 aromatic carbocycles. The Bertz CT molecular complexity index is 327. The van der Waals surface area contributed by atoms with Crippen LogP contribution in [0.3, 0.4) is 0 Å². The van der Waals surface area contributed by atoms with Crippen LogP contribution in [0.2, 0.25) is 6.32 Å². The van der Waals surface area contributed by atoms with Gasteiger partial charge in [0.1, 0.15) is 0 Å². The molecule has 0 aliphatic heterocycles. The van der Waals surface area contributed by atoms with Gasteiger partial charge in [0.25, 0.3) is 0 Å². The summed E-state index contributed by atoms with van der Waals surface area (Å²) in [7, 11) is 0. The summed E-state index contributed by atoms with van der Waals surface area (Å²) < 4.78 is 35.6. The summed E-state index contributed by atoms with van der Waals surface area (Å²) in [5.74, 6) is -0.226. The molecule has 0 atom stereocenters. The van der Waals surface area contributed by atoms with Crippen molar-refractivity contribution in [1.82, 2.24) is 0 Å². The zero-order valence-electron chi connectivity index (χ0n) is 9.13. The van der Waals surface area contributed by atoms with Crippen LogP contribution < -0.4 is 51.4 Å². The number of halogens is 3. The third kappa shape index (κ3) is 6.86. The minimum Gasteiger partial charge on any atom is -0.449 e. The quantitative estimate of drug-likeness (QED) is 0.552. The zero-order valence-corrected chi connectivity index (χ0v) is 12.3. The van der Waals surface area contributed by atoms with E-state index >= 15 is 0 Å². The number of hydrogen-bond acceptors (Lipinski definition) is 1. The van der Waals surface area contributed by atoms with Gasteiger partial charge in [0, 0.05) is 12.0 Å². The second kappa shape index (κ2) is 7.66. The van der Waals surface area contributed by atoms with Crippen molar-refractivity contribution < 1.29 is 69.1 Å². The van der Waals surface area contributed by atoms with E-state index in [1.54, 1.807) is 30.3 Å². The topological polar surface area (TPSA) is 17.1 Å². The maximum Gasteiger partial charge on any atom is 1.00 e. The largest absolute Gasteiger partial charge is 1.00 e. The maximum atomic E-state index is 11.9. The van der Waals surface area contributed by atoms with E-state index in [0.717, 1.165) is 0 Å². The molecule has 1 nitrogen and oxygen atoms in total. The van der Waals surface area contributed by atoms with Gasteiger partial charge in [-0.15, -0.1) is 0 Å². The Morgan fingerprint density at radius 2 is 1.69 bits per heavy atom. The van der Waals surface area contributed by atoms with E-state index in [9.17, 15) is 17.7 Å². The Kier molecular flexibility index (Phi) is 7.84. The first kappa shape index (κ1) is 16.4. The minimum absolute atomic E-state index is 0. The van der Waals surface area contributed by atoms with E-state index in [1.807, 2.05) is 0 Å². The Morgan fingerprint density at radius 1 is 1.12 bits per heavy atom. The van der Waals surface area contributed by atoms with Gasteiger partial charge < -0.3 is 12.9 Å². The first-order valence-electron chi connectivity index (χ1n) is 4.78. The van der Waals surface area contributed by atoms with Gasteiger partial charge in [-0.1, -0.05) is 43.1 Å². The Balaban J connectivity index is 0.00000225. The minimum atomic E-state index is -4.76. The molecule has 16 heavy (non-hydrogen) atoms. The molecule has 1 aromatic rings. The standard InChI is InChI=1S/C10H11BF3O.K/c12-11(13,14)8-4-7-10(15)9-5-2-1-3-6-9;/h1-3,5-6H,4,7-8H2;/q-1;+1. The summed E-state index contributed by atoms with van der Waals surface area (Å²) in [6, 6.07) is 8.37. The summed E-state index contributed by atoms with van der Waals surface area (Å²) >= 11 is 0. The third-order valence-electron chi connectivity index (χ3n) is 2.03. The summed E-state index contributed by atoms with van der Waals surface area (Å²) in [4.78, 5) is 11.4. The Morgan fingerprint density at radius 3 is 2.19 bits per heavy atom. The van der Waals surface area contributed by atoms with Gasteiger partial charge in [-0.2, -0.15) is 0 Å². The number of rotatable bonds is 5. The molecule has 0 unspecified atom stereocenters. The molecule has 0 amide bonds. The van der Waals surface area contributed by atoms with E-state index < -0.39 is 13.3 Å². The van der Waals surface area contributed by atoms with E-state index in [0.29, 0.717) is 5.56 Å². The smallest absolute Gasteiger partial charge is 0.449 e. The van der Waals surface area contributed by atoms with Crippen molar-refractivity contribution in [2.75, 3.05) is 0 Å². The van der Waals surface area contributed by atoms with Gasteiger partial charge >= 0.3 is 58.4 Å². The van der Waals surface area contributed by atoms with Crippen molar-refractivity contribution >= 4 is 12.8 Å². The van der Waals surface area contributed by atoms with Crippen molar-refractivity contribution in [3.63, 3.8) is 0 Å². The molecule has 0 spiro atoms. The first-order valence-corrected chi connectivity index (χ1v) is 4.78. The second-order valence-electron chi connectivity index (χ2n) is 3.39. The van der Waals surface area contributed by atoms with Crippen molar-refractivity contribution in [3.8, 4) is 0 Å². The fourth-order valence-corrected chi connectivity index (χ4v) is 1.26. The molecule has 0 heterocycles. The molecular formula is C10H11BF3KO. The molecule has 6 heteroatoms. The second-order valence-corrected chi connectivity index (χ2v) is 3.39. The molecule has 0 fully saturated rings. The van der Waals surface area contributed by atoms with Gasteiger partial charge in [0.15, 0.2) is 5.78 Å². The summed E-state index contributed by atoms with van der Waals surface area (Å²) in [6.07, 6.45) is -0.985. The average molecular weight is 254 g/mol. The van der Waals surface area contributed by atoms with Gasteiger partial charge in [-0.3, -0.25) is 4.79 Å². The van der Waals surface area contributed by atoms with Gasteiger partial charge in [0.2, 0.25) is 0 Å². The molecule has 1 rings (SSSR count). The predicted octanol–water partition coefficient (Wildman–Crippen LogP) is 0.501. The van der Waals surface area contributed by atoms with Crippen LogP contribution in [0.1, 0.15) is 23.2 Å². The number of carbonyl (C=O) groups excluding carboxylic acids is 1. The first-order chi connectivity index (χ1) is 6.99. The maximum absolute atomic E-state index is 11.9. The molecular weight excluding hydrogens is 243 g/mol. The number of hydrogen-bond donors (Lipinski definition) is 0. The summed E-state index contributed by atoms with van der Waals surface area (Å²) in [5, 5.41) is 0. The van der Waals surface area contributed by atoms with Gasteiger partial charge in [0.05, 0.1) is 0 Å². The summed E-state index contributed by atoms with van der Waals surface area (Å²) in [6.45, 7) is -4.76. The number of benzene rings is 1. The molecule has 0 N–H and O–H groups in total. The summed E-state index contributed by atoms with van der Waals surface area (Å²) in [5.41, 5.74) is 0.479. The van der Waals surface area contributed by atoms with Crippen molar-refractivity contribution in [3.05, 3.63) is 35.9 Å². The van der Waals surface area contributed by atoms with Crippen LogP contribution in [0.5, 0.6) is 0 Å². The molecule has 0 saturated carbocycles. The number of ketones is 1. The SMILES string of the molecule is O=C(CCC[B-](F)(F)F)c1ccccc1.[K+]. The van der Waals surface area contributed by atoms with Gasteiger partial charge in [-0.25, -0.2) is 0 Å². The molecule has 0 aromatic heterocycles. The monoisotopic (exact) mass is 254 g/mol.